The summed E-state index contributed by atoms with van der Waals surface area (Å²) in [5.41, 5.74) is 5.32. The molecular weight excluding hydrogens is 402 g/mol. The number of aromatic hydroxyl groups is 1. The summed E-state index contributed by atoms with van der Waals surface area (Å²) in [6, 6.07) is 13.7. The highest BCUT2D eigenvalue weighted by atomic mass is 16.3. The van der Waals surface area contributed by atoms with E-state index >= 15 is 0 Å². The molecule has 0 radical (unpaired) electrons. The Morgan fingerprint density at radius 3 is 2.50 bits per heavy atom. The molecule has 1 spiro atoms. The van der Waals surface area contributed by atoms with E-state index < -0.39 is 0 Å². The number of H-pyrrole nitrogens is 1. The molecule has 3 N–H and O–H groups in total. The maximum absolute atomic E-state index is 12.1. The Balaban J connectivity index is 1.41. The van der Waals surface area contributed by atoms with E-state index in [1.165, 1.54) is 18.8 Å². The van der Waals surface area contributed by atoms with Gasteiger partial charge in [0.2, 0.25) is 0 Å². The lowest BCUT2D eigenvalue weighted by molar-refractivity contribution is -0.00238. The molecule has 0 aliphatic carbocycles. The minimum absolute atomic E-state index is 0.0719. The molecule has 2 aliphatic rings. The molecule has 3 heterocycles. The van der Waals surface area contributed by atoms with E-state index in [-0.39, 0.29) is 11.8 Å². The number of aromatic nitrogens is 1. The van der Waals surface area contributed by atoms with Crippen molar-refractivity contribution in [2.24, 2.45) is 10.4 Å². The molecular formula is C25H29N5O2. The quantitative estimate of drug-likeness (QED) is 0.540. The zero-order chi connectivity index (χ0) is 22.5. The number of hydrogen-bond donors (Lipinski definition) is 3. The van der Waals surface area contributed by atoms with Gasteiger partial charge in [0.15, 0.2) is 5.88 Å². The van der Waals surface area contributed by atoms with Crippen molar-refractivity contribution in [3.8, 4) is 5.88 Å². The van der Waals surface area contributed by atoms with Crippen LogP contribution in [0.2, 0.25) is 0 Å². The molecule has 32 heavy (non-hydrogen) atoms. The number of benzene rings is 2. The number of carbonyl (C=O) groups is 1. The standard InChI is InChI=1S/C25H29N5O2/c1-4-20(22-19-11-16(23(31)26-2)5-10-21(19)28-24(22)32)27-17-6-8-18(9-7-17)30-14-25(15-30)12-29(3)13-25/h5-11,28,32H,4,12-15H2,1-3H3,(H,26,31). The number of aliphatic imine (C=N–C) groups is 1. The van der Waals surface area contributed by atoms with Crippen LogP contribution < -0.4 is 10.2 Å². The van der Waals surface area contributed by atoms with Crippen LogP contribution in [0.4, 0.5) is 11.4 Å². The van der Waals surface area contributed by atoms with E-state index in [2.05, 4.69) is 39.3 Å². The molecule has 2 aromatic carbocycles. The van der Waals surface area contributed by atoms with Crippen molar-refractivity contribution in [1.82, 2.24) is 15.2 Å². The van der Waals surface area contributed by atoms with Crippen LogP contribution in [0.1, 0.15) is 29.3 Å². The topological polar surface area (TPSA) is 84.0 Å². The minimum atomic E-state index is -0.162. The summed E-state index contributed by atoms with van der Waals surface area (Å²) in [4.78, 5) is 24.7. The molecule has 0 atom stereocenters. The molecule has 7 nitrogen and oxygen atoms in total. The van der Waals surface area contributed by atoms with Crippen LogP contribution in [-0.2, 0) is 0 Å². The second kappa shape index (κ2) is 7.67. The van der Waals surface area contributed by atoms with Gasteiger partial charge in [0.05, 0.1) is 17.0 Å². The molecule has 0 unspecified atom stereocenters. The number of aromatic amines is 1. The molecule has 7 heteroatoms. The van der Waals surface area contributed by atoms with E-state index in [9.17, 15) is 9.90 Å². The van der Waals surface area contributed by atoms with E-state index in [4.69, 9.17) is 4.99 Å². The fourth-order valence-electron chi connectivity index (χ4n) is 5.21. The summed E-state index contributed by atoms with van der Waals surface area (Å²) < 4.78 is 0. The smallest absolute Gasteiger partial charge is 0.251 e. The molecule has 1 aromatic heterocycles. The lowest BCUT2D eigenvalue weighted by atomic mass is 9.73. The average molecular weight is 432 g/mol. The minimum Gasteiger partial charge on any atom is -0.494 e. The number of fused-ring (bicyclic) bond motifs is 1. The van der Waals surface area contributed by atoms with Crippen molar-refractivity contribution in [3.63, 3.8) is 0 Å². The molecule has 2 aliphatic heterocycles. The Morgan fingerprint density at radius 2 is 1.88 bits per heavy atom. The van der Waals surface area contributed by atoms with E-state index in [0.717, 1.165) is 35.4 Å². The average Bonchev–Trinajstić information content (AvgIpc) is 3.08. The summed E-state index contributed by atoms with van der Waals surface area (Å²) in [7, 11) is 3.78. The lowest BCUT2D eigenvalue weighted by Crippen LogP contribution is -2.71. The van der Waals surface area contributed by atoms with Crippen LogP contribution in [0, 0.1) is 5.41 Å². The highest BCUT2D eigenvalue weighted by Crippen LogP contribution is 2.41. The second-order valence-corrected chi connectivity index (χ2v) is 9.14. The van der Waals surface area contributed by atoms with Crippen molar-refractivity contribution in [3.05, 3.63) is 53.6 Å². The Labute approximate surface area is 187 Å². The zero-order valence-electron chi connectivity index (χ0n) is 18.8. The third-order valence-corrected chi connectivity index (χ3v) is 6.63. The number of amides is 1. The van der Waals surface area contributed by atoms with Gasteiger partial charge in [0.1, 0.15) is 0 Å². The Kier molecular flexibility index (Phi) is 4.93. The number of carbonyl (C=O) groups excluding carboxylic acids is 1. The molecule has 0 bridgehead atoms. The number of likely N-dealkylation sites (tertiary alicyclic amines) is 1. The van der Waals surface area contributed by atoms with Gasteiger partial charge < -0.3 is 25.2 Å². The molecule has 166 valence electrons. The molecule has 2 fully saturated rings. The summed E-state index contributed by atoms with van der Waals surface area (Å²) in [5, 5.41) is 14.0. The van der Waals surface area contributed by atoms with Crippen molar-refractivity contribution >= 4 is 33.9 Å². The van der Waals surface area contributed by atoms with Gasteiger partial charge in [-0.25, -0.2) is 0 Å². The molecule has 0 saturated carbocycles. The maximum Gasteiger partial charge on any atom is 0.251 e. The number of hydrogen-bond acceptors (Lipinski definition) is 5. The van der Waals surface area contributed by atoms with Gasteiger partial charge in [-0.3, -0.25) is 9.79 Å². The highest BCUT2D eigenvalue weighted by molar-refractivity contribution is 6.14. The first-order valence-electron chi connectivity index (χ1n) is 11.1. The maximum atomic E-state index is 12.1. The number of nitrogens with one attached hydrogen (secondary N) is 2. The van der Waals surface area contributed by atoms with Crippen molar-refractivity contribution < 1.29 is 9.90 Å². The Bertz CT molecular complexity index is 1200. The second-order valence-electron chi connectivity index (χ2n) is 9.14. The predicted molar refractivity (Wildman–Crippen MR) is 128 cm³/mol. The summed E-state index contributed by atoms with van der Waals surface area (Å²) in [5.74, 6) is -0.0898. The van der Waals surface area contributed by atoms with Gasteiger partial charge in [0, 0.05) is 60.8 Å². The van der Waals surface area contributed by atoms with Crippen molar-refractivity contribution in [2.75, 3.05) is 45.2 Å². The first-order chi connectivity index (χ1) is 15.4. The van der Waals surface area contributed by atoms with Gasteiger partial charge in [0.25, 0.3) is 5.91 Å². The number of rotatable bonds is 5. The lowest BCUT2D eigenvalue weighted by Gasteiger charge is -2.60. The fraction of sp³-hybridized carbons (Fsp3) is 0.360. The van der Waals surface area contributed by atoms with Gasteiger partial charge in [-0.1, -0.05) is 6.92 Å². The number of anilines is 1. The SMILES string of the molecule is CCC(=Nc1ccc(N2CC3(CN(C)C3)C2)cc1)c1c(O)[nH]c2ccc(C(=O)NC)cc12. The van der Waals surface area contributed by atoms with Crippen LogP contribution >= 0.6 is 0 Å². The molecule has 3 aromatic rings. The van der Waals surface area contributed by atoms with Crippen LogP contribution in [0.5, 0.6) is 5.88 Å². The first-order valence-corrected chi connectivity index (χ1v) is 11.1. The van der Waals surface area contributed by atoms with Crippen LogP contribution in [0.25, 0.3) is 10.9 Å². The third kappa shape index (κ3) is 3.42. The monoisotopic (exact) mass is 431 g/mol. The van der Waals surface area contributed by atoms with E-state index in [1.807, 2.05) is 25.1 Å². The summed E-state index contributed by atoms with van der Waals surface area (Å²) in [6.45, 7) is 6.65. The van der Waals surface area contributed by atoms with Crippen LogP contribution in [-0.4, -0.2) is 66.9 Å². The zero-order valence-corrected chi connectivity index (χ0v) is 18.8. The van der Waals surface area contributed by atoms with Gasteiger partial charge in [-0.05, 0) is 55.9 Å². The van der Waals surface area contributed by atoms with Crippen molar-refractivity contribution in [1.29, 1.82) is 0 Å². The van der Waals surface area contributed by atoms with Crippen molar-refractivity contribution in [2.45, 2.75) is 13.3 Å². The van der Waals surface area contributed by atoms with Crippen LogP contribution in [0.15, 0.2) is 47.5 Å². The third-order valence-electron chi connectivity index (χ3n) is 6.63. The first kappa shape index (κ1) is 20.6. The number of nitrogens with zero attached hydrogens (tertiary/aromatic N) is 3. The van der Waals surface area contributed by atoms with E-state index in [1.54, 1.807) is 19.2 Å². The predicted octanol–water partition coefficient (Wildman–Crippen LogP) is 3.52. The largest absolute Gasteiger partial charge is 0.494 e. The highest BCUT2D eigenvalue weighted by Gasteiger charge is 2.50. The van der Waals surface area contributed by atoms with Crippen LogP contribution in [0.3, 0.4) is 0 Å². The summed E-state index contributed by atoms with van der Waals surface area (Å²) >= 11 is 0. The van der Waals surface area contributed by atoms with Gasteiger partial charge in [-0.2, -0.15) is 0 Å². The van der Waals surface area contributed by atoms with Gasteiger partial charge >= 0.3 is 0 Å². The Hall–Kier alpha value is -3.32. The fourth-order valence-corrected chi connectivity index (χ4v) is 5.21. The van der Waals surface area contributed by atoms with Gasteiger partial charge in [-0.15, -0.1) is 0 Å². The molecule has 1 amide bonds. The summed E-state index contributed by atoms with van der Waals surface area (Å²) in [6.07, 6.45) is 0.647. The molecule has 5 rings (SSSR count). The van der Waals surface area contributed by atoms with E-state index in [0.29, 0.717) is 23.0 Å². The normalized spacial score (nSPS) is 18.0. The molecule has 2 saturated heterocycles. The Morgan fingerprint density at radius 1 is 1.16 bits per heavy atom.